The number of halogens is 1. The molecule has 5 heteroatoms. The molecule has 0 aliphatic rings. The van der Waals surface area contributed by atoms with Gasteiger partial charge in [0.05, 0.1) is 10.8 Å². The van der Waals surface area contributed by atoms with Gasteiger partial charge in [0.1, 0.15) is 5.82 Å². The van der Waals surface area contributed by atoms with E-state index in [1.165, 1.54) is 12.1 Å². The molecule has 0 aliphatic heterocycles. The smallest absolute Gasteiger partial charge is 0.126 e. The topological polar surface area (TPSA) is 46.3 Å². The van der Waals surface area contributed by atoms with Crippen LogP contribution in [0.4, 0.5) is 10.1 Å². The number of rotatable bonds is 5. The van der Waals surface area contributed by atoms with E-state index in [0.717, 1.165) is 13.0 Å². The fourth-order valence-electron chi connectivity index (χ4n) is 1.35. The van der Waals surface area contributed by atoms with Gasteiger partial charge in [0.25, 0.3) is 0 Å². The second kappa shape index (κ2) is 5.96. The average molecular weight is 244 g/mol. The molecule has 0 saturated heterocycles. The van der Waals surface area contributed by atoms with E-state index in [-0.39, 0.29) is 0 Å². The Labute approximate surface area is 97.9 Å². The summed E-state index contributed by atoms with van der Waals surface area (Å²) in [6.45, 7) is 0.872. The molecule has 0 heterocycles. The van der Waals surface area contributed by atoms with Gasteiger partial charge in [0.2, 0.25) is 0 Å². The van der Waals surface area contributed by atoms with Crippen molar-refractivity contribution in [2.24, 2.45) is 0 Å². The molecular formula is C11H17FN2OS. The van der Waals surface area contributed by atoms with Crippen molar-refractivity contribution in [2.75, 3.05) is 32.1 Å². The summed E-state index contributed by atoms with van der Waals surface area (Å²) in [5.41, 5.74) is 5.81. The van der Waals surface area contributed by atoms with Crippen LogP contribution in [0.5, 0.6) is 0 Å². The quantitative estimate of drug-likeness (QED) is 0.798. The highest BCUT2D eigenvalue weighted by atomic mass is 32.2. The van der Waals surface area contributed by atoms with Crippen molar-refractivity contribution in [3.05, 3.63) is 24.0 Å². The van der Waals surface area contributed by atoms with Crippen molar-refractivity contribution >= 4 is 16.5 Å². The average Bonchev–Trinajstić information content (AvgIpc) is 2.15. The zero-order valence-corrected chi connectivity index (χ0v) is 10.4. The van der Waals surface area contributed by atoms with Gasteiger partial charge in [-0.05, 0) is 45.3 Å². The SMILES string of the molecule is CN(C)CCCS(=O)c1cc(N)cc(F)c1. The Hall–Kier alpha value is -0.940. The molecule has 0 spiro atoms. The van der Waals surface area contributed by atoms with Gasteiger partial charge in [-0.2, -0.15) is 0 Å². The van der Waals surface area contributed by atoms with E-state index >= 15 is 0 Å². The lowest BCUT2D eigenvalue weighted by Gasteiger charge is -2.09. The molecule has 2 N–H and O–H groups in total. The summed E-state index contributed by atoms with van der Waals surface area (Å²) >= 11 is 0. The van der Waals surface area contributed by atoms with Crippen molar-refractivity contribution in [1.29, 1.82) is 0 Å². The Morgan fingerprint density at radius 1 is 1.38 bits per heavy atom. The molecular weight excluding hydrogens is 227 g/mol. The van der Waals surface area contributed by atoms with Crippen LogP contribution in [0.2, 0.25) is 0 Å². The maximum absolute atomic E-state index is 13.0. The summed E-state index contributed by atoms with van der Waals surface area (Å²) in [7, 11) is 2.76. The fourth-order valence-corrected chi connectivity index (χ4v) is 2.48. The molecule has 1 atom stereocenters. The Bertz CT molecular complexity index is 362. The van der Waals surface area contributed by atoms with Crippen LogP contribution in [0, 0.1) is 5.82 Å². The highest BCUT2D eigenvalue weighted by Gasteiger charge is 2.06. The molecule has 0 bridgehead atoms. The molecule has 1 aromatic rings. The van der Waals surface area contributed by atoms with Gasteiger partial charge in [0.15, 0.2) is 0 Å². The number of anilines is 1. The fraction of sp³-hybridized carbons (Fsp3) is 0.455. The van der Waals surface area contributed by atoms with Crippen LogP contribution in [-0.2, 0) is 10.8 Å². The minimum absolute atomic E-state index is 0.316. The first-order valence-electron chi connectivity index (χ1n) is 5.08. The zero-order chi connectivity index (χ0) is 12.1. The molecule has 0 fully saturated rings. The predicted octanol–water partition coefficient (Wildman–Crippen LogP) is 1.47. The highest BCUT2D eigenvalue weighted by molar-refractivity contribution is 7.85. The summed E-state index contributed by atoms with van der Waals surface area (Å²) in [6, 6.07) is 4.07. The van der Waals surface area contributed by atoms with E-state index in [1.807, 2.05) is 19.0 Å². The van der Waals surface area contributed by atoms with Crippen molar-refractivity contribution < 1.29 is 8.60 Å². The van der Waals surface area contributed by atoms with E-state index in [9.17, 15) is 8.60 Å². The summed E-state index contributed by atoms with van der Waals surface area (Å²) in [5, 5.41) is 0. The third-order valence-electron chi connectivity index (χ3n) is 2.09. The second-order valence-corrected chi connectivity index (χ2v) is 5.50. The Morgan fingerprint density at radius 3 is 2.62 bits per heavy atom. The molecule has 0 amide bonds. The summed E-state index contributed by atoms with van der Waals surface area (Å²) in [5.74, 6) is 0.0945. The molecule has 1 aromatic carbocycles. The Morgan fingerprint density at radius 2 is 2.06 bits per heavy atom. The summed E-state index contributed by atoms with van der Waals surface area (Å²) in [6.07, 6.45) is 0.816. The Kier molecular flexibility index (Phi) is 4.89. The van der Waals surface area contributed by atoms with Crippen LogP contribution in [0.25, 0.3) is 0 Å². The van der Waals surface area contributed by atoms with E-state index < -0.39 is 16.6 Å². The molecule has 3 nitrogen and oxygen atoms in total. The van der Waals surface area contributed by atoms with E-state index in [1.54, 1.807) is 6.07 Å². The van der Waals surface area contributed by atoms with E-state index in [4.69, 9.17) is 5.73 Å². The third kappa shape index (κ3) is 4.28. The van der Waals surface area contributed by atoms with Gasteiger partial charge in [-0.25, -0.2) is 4.39 Å². The molecule has 0 aromatic heterocycles. The largest absolute Gasteiger partial charge is 0.399 e. The molecule has 90 valence electrons. The van der Waals surface area contributed by atoms with Crippen molar-refractivity contribution in [3.63, 3.8) is 0 Å². The molecule has 0 saturated carbocycles. The molecule has 1 unspecified atom stereocenters. The molecule has 1 rings (SSSR count). The summed E-state index contributed by atoms with van der Waals surface area (Å²) < 4.78 is 24.8. The first kappa shape index (κ1) is 13.1. The van der Waals surface area contributed by atoms with Gasteiger partial charge in [-0.3, -0.25) is 4.21 Å². The highest BCUT2D eigenvalue weighted by Crippen LogP contribution is 2.15. The molecule has 0 radical (unpaired) electrons. The van der Waals surface area contributed by atoms with Gasteiger partial charge < -0.3 is 10.6 Å². The predicted molar refractivity (Wildman–Crippen MR) is 65.3 cm³/mol. The standard InChI is InChI=1S/C11H17FN2OS/c1-14(2)4-3-5-16(15)11-7-9(12)6-10(13)8-11/h6-8H,3-5,13H2,1-2H3. The second-order valence-electron chi connectivity index (χ2n) is 3.93. The van der Waals surface area contributed by atoms with Crippen LogP contribution in [0.3, 0.4) is 0 Å². The van der Waals surface area contributed by atoms with Crippen LogP contribution in [0.15, 0.2) is 23.1 Å². The van der Waals surface area contributed by atoms with E-state index in [2.05, 4.69) is 0 Å². The van der Waals surface area contributed by atoms with E-state index in [0.29, 0.717) is 16.3 Å². The minimum Gasteiger partial charge on any atom is -0.399 e. The molecule has 0 aliphatic carbocycles. The minimum atomic E-state index is -1.17. The lowest BCUT2D eigenvalue weighted by molar-refractivity contribution is 0.409. The van der Waals surface area contributed by atoms with Crippen LogP contribution >= 0.6 is 0 Å². The number of hydrogen-bond donors (Lipinski definition) is 1. The van der Waals surface area contributed by atoms with Crippen LogP contribution in [-0.4, -0.2) is 35.5 Å². The number of benzene rings is 1. The van der Waals surface area contributed by atoms with Gasteiger partial charge >= 0.3 is 0 Å². The first-order valence-corrected chi connectivity index (χ1v) is 6.40. The first-order chi connectivity index (χ1) is 7.49. The monoisotopic (exact) mass is 244 g/mol. The Balaban J connectivity index is 2.59. The number of nitrogen functional groups attached to an aromatic ring is 1. The zero-order valence-electron chi connectivity index (χ0n) is 9.57. The number of nitrogens with zero attached hydrogens (tertiary/aromatic N) is 1. The lowest BCUT2D eigenvalue weighted by atomic mass is 10.3. The third-order valence-corrected chi connectivity index (χ3v) is 3.51. The number of hydrogen-bond acceptors (Lipinski definition) is 3. The van der Waals surface area contributed by atoms with Gasteiger partial charge in [0, 0.05) is 16.3 Å². The normalized spacial score (nSPS) is 13.0. The van der Waals surface area contributed by atoms with Crippen LogP contribution in [0.1, 0.15) is 6.42 Å². The van der Waals surface area contributed by atoms with Gasteiger partial charge in [-0.1, -0.05) is 0 Å². The maximum Gasteiger partial charge on any atom is 0.126 e. The lowest BCUT2D eigenvalue weighted by Crippen LogP contribution is -2.15. The number of nitrogens with two attached hydrogens (primary N) is 1. The van der Waals surface area contributed by atoms with Crippen LogP contribution < -0.4 is 5.73 Å². The summed E-state index contributed by atoms with van der Waals surface area (Å²) in [4.78, 5) is 2.49. The van der Waals surface area contributed by atoms with Gasteiger partial charge in [-0.15, -0.1) is 0 Å². The van der Waals surface area contributed by atoms with Crippen molar-refractivity contribution in [1.82, 2.24) is 4.90 Å². The maximum atomic E-state index is 13.0. The van der Waals surface area contributed by atoms with Crippen molar-refractivity contribution in [2.45, 2.75) is 11.3 Å². The van der Waals surface area contributed by atoms with Crippen molar-refractivity contribution in [3.8, 4) is 0 Å². The molecule has 16 heavy (non-hydrogen) atoms.